The molecule has 4 nitrogen and oxygen atoms in total. The van der Waals surface area contributed by atoms with Crippen LogP contribution >= 0.6 is 0 Å². The van der Waals surface area contributed by atoms with Crippen LogP contribution in [0.25, 0.3) is 0 Å². The lowest BCUT2D eigenvalue weighted by Crippen LogP contribution is -2.64. The van der Waals surface area contributed by atoms with Crippen molar-refractivity contribution in [1.29, 1.82) is 0 Å². The van der Waals surface area contributed by atoms with Gasteiger partial charge in [0.2, 0.25) is 0 Å². The van der Waals surface area contributed by atoms with E-state index >= 15 is 0 Å². The Balaban J connectivity index is 1.82. The number of rotatable bonds is 1. The van der Waals surface area contributed by atoms with Gasteiger partial charge in [-0.3, -0.25) is 0 Å². The van der Waals surface area contributed by atoms with Crippen LogP contribution < -0.4 is 9.47 Å². The zero-order valence-electron chi connectivity index (χ0n) is 13.0. The van der Waals surface area contributed by atoms with Crippen LogP contribution in [0.3, 0.4) is 0 Å². The summed E-state index contributed by atoms with van der Waals surface area (Å²) in [6.07, 6.45) is 5.54. The van der Waals surface area contributed by atoms with E-state index in [1.54, 1.807) is 7.11 Å². The fraction of sp³-hybridized carbons (Fsp3) is 0.556. The van der Waals surface area contributed by atoms with E-state index in [4.69, 9.17) is 9.47 Å². The molecule has 1 spiro atoms. The minimum Gasteiger partial charge on any atom is -0.493 e. The minimum absolute atomic E-state index is 0.0806. The number of hydrogen-bond acceptors (Lipinski definition) is 4. The molecule has 0 aromatic heterocycles. The number of likely N-dealkylation sites (N-methyl/N-ethyl adjacent to an activating group) is 1. The molecule has 2 aliphatic carbocycles. The Morgan fingerprint density at radius 3 is 3.05 bits per heavy atom. The second kappa shape index (κ2) is 4.06. The summed E-state index contributed by atoms with van der Waals surface area (Å²) in [6, 6.07) is 4.70. The molecule has 1 N–H and O–H groups in total. The summed E-state index contributed by atoms with van der Waals surface area (Å²) < 4.78 is 11.8. The van der Waals surface area contributed by atoms with Gasteiger partial charge < -0.3 is 19.5 Å². The Hall–Kier alpha value is -1.52. The third-order valence-electron chi connectivity index (χ3n) is 6.35. The van der Waals surface area contributed by atoms with Gasteiger partial charge in [-0.1, -0.05) is 18.2 Å². The van der Waals surface area contributed by atoms with E-state index in [9.17, 15) is 5.11 Å². The fourth-order valence-corrected chi connectivity index (χ4v) is 5.39. The second-order valence-corrected chi connectivity index (χ2v) is 7.11. The molecule has 4 aliphatic rings. The highest BCUT2D eigenvalue weighted by molar-refractivity contribution is 5.62. The van der Waals surface area contributed by atoms with Crippen LogP contribution in [-0.2, 0) is 11.8 Å². The second-order valence-electron chi connectivity index (χ2n) is 7.11. The zero-order valence-corrected chi connectivity index (χ0v) is 13.0. The van der Waals surface area contributed by atoms with E-state index in [1.807, 2.05) is 12.1 Å². The van der Waals surface area contributed by atoms with Gasteiger partial charge in [0.15, 0.2) is 11.5 Å². The van der Waals surface area contributed by atoms with Gasteiger partial charge in [-0.05, 0) is 38.1 Å². The fourth-order valence-electron chi connectivity index (χ4n) is 5.39. The Bertz CT molecular complexity index is 685. The molecule has 1 aromatic carbocycles. The first-order valence-electron chi connectivity index (χ1n) is 8.10. The molecule has 0 amide bonds. The van der Waals surface area contributed by atoms with E-state index in [2.05, 4.69) is 24.1 Å². The number of nitrogens with zero attached hydrogens (tertiary/aromatic N) is 1. The van der Waals surface area contributed by atoms with Crippen LogP contribution in [0.2, 0.25) is 0 Å². The standard InChI is InChI=1S/C18H21NO3/c1-19-8-7-18-11-4-5-13(20)17(18)22-16-14(21-2)6-3-10(15(16)18)9-12(11)19/h3-6,11-13,17,20H,7-9H2,1-2H3/t11?,12-,13+,17?,18+/m1/s1/i1+1. The number of hydrogen-bond donors (Lipinski definition) is 1. The van der Waals surface area contributed by atoms with Gasteiger partial charge in [0, 0.05) is 22.9 Å². The molecule has 0 radical (unpaired) electrons. The number of likely N-dealkylation sites (tertiary alicyclic amines) is 1. The lowest BCUT2D eigenvalue weighted by atomic mass is 9.53. The van der Waals surface area contributed by atoms with Crippen LogP contribution in [-0.4, -0.2) is 49.0 Å². The first kappa shape index (κ1) is 13.0. The molecule has 2 unspecified atom stereocenters. The number of piperidine rings is 1. The smallest absolute Gasteiger partial charge is 0.165 e. The number of methoxy groups -OCH3 is 1. The molecular weight excluding hydrogens is 279 g/mol. The molecule has 5 rings (SSSR count). The molecule has 4 heteroatoms. The number of aliphatic hydroxyl groups excluding tert-OH is 1. The summed E-state index contributed by atoms with van der Waals surface area (Å²) in [6.45, 7) is 1.05. The average molecular weight is 300 g/mol. The summed E-state index contributed by atoms with van der Waals surface area (Å²) >= 11 is 0. The quantitative estimate of drug-likeness (QED) is 0.630. The van der Waals surface area contributed by atoms with Crippen molar-refractivity contribution in [1.82, 2.24) is 4.90 Å². The molecule has 22 heavy (non-hydrogen) atoms. The predicted molar refractivity (Wildman–Crippen MR) is 82.5 cm³/mol. The van der Waals surface area contributed by atoms with Crippen molar-refractivity contribution in [2.75, 3.05) is 20.7 Å². The molecule has 5 atom stereocenters. The maximum atomic E-state index is 10.6. The van der Waals surface area contributed by atoms with Crippen molar-refractivity contribution >= 4 is 0 Å². The molecule has 0 saturated carbocycles. The normalized spacial score (nSPS) is 41.0. The van der Waals surface area contributed by atoms with E-state index in [-0.39, 0.29) is 11.5 Å². The first-order valence-corrected chi connectivity index (χ1v) is 8.10. The third kappa shape index (κ3) is 1.28. The van der Waals surface area contributed by atoms with Crippen molar-refractivity contribution in [3.8, 4) is 11.5 Å². The molecule has 1 aromatic rings. The molecule has 116 valence electrons. The Morgan fingerprint density at radius 2 is 2.23 bits per heavy atom. The first-order chi connectivity index (χ1) is 10.7. The summed E-state index contributed by atoms with van der Waals surface area (Å²) in [4.78, 5) is 2.47. The lowest BCUT2D eigenvalue weighted by Gasteiger charge is -2.56. The monoisotopic (exact) mass is 300 g/mol. The number of aliphatic hydroxyl groups is 1. The summed E-state index contributed by atoms with van der Waals surface area (Å²) in [5.41, 5.74) is 2.60. The van der Waals surface area contributed by atoms with Gasteiger partial charge in [-0.2, -0.15) is 0 Å². The van der Waals surface area contributed by atoms with E-state index in [1.165, 1.54) is 11.1 Å². The number of benzene rings is 1. The highest BCUT2D eigenvalue weighted by atomic mass is 16.5. The molecule has 2 aliphatic heterocycles. The Labute approximate surface area is 130 Å². The molecule has 2 heterocycles. The highest BCUT2D eigenvalue weighted by Crippen LogP contribution is 2.62. The Morgan fingerprint density at radius 1 is 1.36 bits per heavy atom. The van der Waals surface area contributed by atoms with Crippen LogP contribution in [0.4, 0.5) is 0 Å². The topological polar surface area (TPSA) is 41.9 Å². The molecule has 2 bridgehead atoms. The van der Waals surface area contributed by atoms with Crippen LogP contribution in [0.15, 0.2) is 24.3 Å². The van der Waals surface area contributed by atoms with Crippen molar-refractivity contribution in [2.24, 2.45) is 5.92 Å². The summed E-state index contributed by atoms with van der Waals surface area (Å²) in [5.74, 6) is 2.09. The highest BCUT2D eigenvalue weighted by Gasteiger charge is 2.64. The SMILES string of the molecule is COc1ccc2c3c1OC1[C@@H](O)C=CC4[C@@H](C2)N([13CH3])CC[C@@]341. The van der Waals surface area contributed by atoms with Gasteiger partial charge in [-0.25, -0.2) is 0 Å². The predicted octanol–water partition coefficient (Wildman–Crippen LogP) is 1.50. The number of ether oxygens (including phenoxy) is 2. The third-order valence-corrected chi connectivity index (χ3v) is 6.35. The van der Waals surface area contributed by atoms with E-state index < -0.39 is 6.10 Å². The average Bonchev–Trinajstić information content (AvgIpc) is 2.88. The van der Waals surface area contributed by atoms with Crippen LogP contribution in [0.5, 0.6) is 11.5 Å². The van der Waals surface area contributed by atoms with Crippen molar-refractivity contribution in [3.63, 3.8) is 0 Å². The molecule has 1 fully saturated rings. The maximum absolute atomic E-state index is 10.6. The van der Waals surface area contributed by atoms with Crippen molar-refractivity contribution in [2.45, 2.75) is 36.5 Å². The molecular formula is C18H21NO3. The van der Waals surface area contributed by atoms with Crippen LogP contribution in [0.1, 0.15) is 17.5 Å². The van der Waals surface area contributed by atoms with Gasteiger partial charge in [0.25, 0.3) is 0 Å². The van der Waals surface area contributed by atoms with Gasteiger partial charge in [0.1, 0.15) is 12.2 Å². The van der Waals surface area contributed by atoms with Gasteiger partial charge in [-0.15, -0.1) is 0 Å². The maximum Gasteiger partial charge on any atom is 0.165 e. The summed E-state index contributed by atoms with van der Waals surface area (Å²) in [7, 11) is 3.91. The largest absolute Gasteiger partial charge is 0.493 e. The summed E-state index contributed by atoms with van der Waals surface area (Å²) in [5, 5.41) is 10.6. The van der Waals surface area contributed by atoms with Crippen molar-refractivity contribution < 1.29 is 14.6 Å². The van der Waals surface area contributed by atoms with Crippen LogP contribution in [0, 0.1) is 5.92 Å². The Kier molecular flexibility index (Phi) is 2.39. The molecule has 1 saturated heterocycles. The van der Waals surface area contributed by atoms with Gasteiger partial charge in [0.05, 0.1) is 7.11 Å². The van der Waals surface area contributed by atoms with Gasteiger partial charge >= 0.3 is 0 Å². The lowest BCUT2D eigenvalue weighted by molar-refractivity contribution is -0.0453. The van der Waals surface area contributed by atoms with E-state index in [0.29, 0.717) is 12.0 Å². The van der Waals surface area contributed by atoms with E-state index in [0.717, 1.165) is 30.9 Å². The minimum atomic E-state index is -0.539. The van der Waals surface area contributed by atoms with Crippen molar-refractivity contribution in [3.05, 3.63) is 35.4 Å². The zero-order chi connectivity index (χ0) is 15.1.